The smallest absolute Gasteiger partial charge is 0.298 e. The Morgan fingerprint density at radius 1 is 1.03 bits per heavy atom. The minimum atomic E-state index is -0.148. The zero-order chi connectivity index (χ0) is 23.2. The van der Waals surface area contributed by atoms with Gasteiger partial charge in [0.2, 0.25) is 11.6 Å². The predicted molar refractivity (Wildman–Crippen MR) is 132 cm³/mol. The second-order valence-corrected chi connectivity index (χ2v) is 9.59. The highest BCUT2D eigenvalue weighted by molar-refractivity contribution is 5.75. The van der Waals surface area contributed by atoms with Crippen molar-refractivity contribution in [3.63, 3.8) is 0 Å². The van der Waals surface area contributed by atoms with E-state index in [-0.39, 0.29) is 11.6 Å². The summed E-state index contributed by atoms with van der Waals surface area (Å²) < 4.78 is 3.48. The minimum Gasteiger partial charge on any atom is -0.368 e. The Morgan fingerprint density at radius 3 is 2.50 bits per heavy atom. The van der Waals surface area contributed by atoms with Crippen molar-refractivity contribution in [2.45, 2.75) is 57.7 Å². The zero-order valence-corrected chi connectivity index (χ0v) is 19.5. The summed E-state index contributed by atoms with van der Waals surface area (Å²) in [5, 5.41) is 14.9. The van der Waals surface area contributed by atoms with Gasteiger partial charge >= 0.3 is 0 Å². The lowest BCUT2D eigenvalue weighted by atomic mass is 10.1. The molecule has 1 aliphatic carbocycles. The van der Waals surface area contributed by atoms with Gasteiger partial charge in [0.25, 0.3) is 5.56 Å². The molecule has 0 spiro atoms. The van der Waals surface area contributed by atoms with Crippen molar-refractivity contribution >= 4 is 34.1 Å². The van der Waals surface area contributed by atoms with Crippen LogP contribution in [0.3, 0.4) is 0 Å². The van der Waals surface area contributed by atoms with Gasteiger partial charge in [-0.25, -0.2) is 4.98 Å². The summed E-state index contributed by atoms with van der Waals surface area (Å²) in [5.74, 6) is 0.461. The third-order valence-corrected chi connectivity index (χ3v) is 6.93. The normalized spacial score (nSPS) is 21.5. The second kappa shape index (κ2) is 8.35. The molecule has 176 valence electrons. The molecule has 2 N–H and O–H groups in total. The van der Waals surface area contributed by atoms with Gasteiger partial charge in [0.1, 0.15) is 11.8 Å². The first-order valence-electron chi connectivity index (χ1n) is 12.1. The van der Waals surface area contributed by atoms with Gasteiger partial charge < -0.3 is 15.5 Å². The van der Waals surface area contributed by atoms with Gasteiger partial charge in [-0.15, -0.1) is 10.2 Å². The van der Waals surface area contributed by atoms with Crippen LogP contribution in [0.5, 0.6) is 0 Å². The number of rotatable bonds is 4. The van der Waals surface area contributed by atoms with Crippen molar-refractivity contribution in [3.05, 3.63) is 47.1 Å². The van der Waals surface area contributed by atoms with Gasteiger partial charge in [-0.2, -0.15) is 4.98 Å². The molecule has 10 heteroatoms. The molecular formula is C24H29N9O. The van der Waals surface area contributed by atoms with E-state index in [0.29, 0.717) is 29.3 Å². The monoisotopic (exact) mass is 459 g/mol. The number of hydrogen-bond acceptors (Lipinski definition) is 8. The van der Waals surface area contributed by atoms with Crippen LogP contribution in [-0.2, 0) is 0 Å². The molecule has 0 radical (unpaired) electrons. The summed E-state index contributed by atoms with van der Waals surface area (Å²) in [7, 11) is 0. The van der Waals surface area contributed by atoms with Gasteiger partial charge in [-0.1, -0.05) is 12.8 Å². The highest BCUT2D eigenvalue weighted by Gasteiger charge is 2.24. The maximum Gasteiger partial charge on any atom is 0.298 e. The number of hydrogen-bond donors (Lipinski definition) is 2. The SMILES string of the molecule is CC1CN(c2ccc(Nc3ncc4c(n3)n(C3CCCC3)c(=O)c3nncn34)cc2)CC(C)N1. The molecule has 1 saturated heterocycles. The molecule has 34 heavy (non-hydrogen) atoms. The van der Waals surface area contributed by atoms with Crippen molar-refractivity contribution in [3.8, 4) is 0 Å². The van der Waals surface area contributed by atoms with Crippen LogP contribution < -0.4 is 21.1 Å². The lowest BCUT2D eigenvalue weighted by molar-refractivity contribution is 0.407. The third kappa shape index (κ3) is 3.67. The molecule has 1 saturated carbocycles. The summed E-state index contributed by atoms with van der Waals surface area (Å²) in [6.45, 7) is 6.41. The molecule has 3 aromatic heterocycles. The van der Waals surface area contributed by atoms with Crippen molar-refractivity contribution in [1.82, 2.24) is 34.4 Å². The maximum absolute atomic E-state index is 13.2. The lowest BCUT2D eigenvalue weighted by Gasteiger charge is -2.37. The van der Waals surface area contributed by atoms with Crippen molar-refractivity contribution in [2.24, 2.45) is 0 Å². The van der Waals surface area contributed by atoms with E-state index >= 15 is 0 Å². The van der Waals surface area contributed by atoms with E-state index in [2.05, 4.69) is 56.7 Å². The van der Waals surface area contributed by atoms with Gasteiger partial charge in [0.15, 0.2) is 5.65 Å². The number of aromatic nitrogens is 6. The third-order valence-electron chi connectivity index (χ3n) is 6.93. The van der Waals surface area contributed by atoms with Crippen LogP contribution in [0.1, 0.15) is 45.6 Å². The van der Waals surface area contributed by atoms with E-state index in [0.717, 1.165) is 50.0 Å². The van der Waals surface area contributed by atoms with Crippen LogP contribution in [0.15, 0.2) is 41.6 Å². The minimum absolute atomic E-state index is 0.127. The number of anilines is 3. The van der Waals surface area contributed by atoms with E-state index in [1.165, 1.54) is 5.69 Å². The average molecular weight is 460 g/mol. The first kappa shape index (κ1) is 21.0. The van der Waals surface area contributed by atoms with Gasteiger partial charge in [0.05, 0.1) is 6.20 Å². The van der Waals surface area contributed by atoms with E-state index in [4.69, 9.17) is 4.98 Å². The summed E-state index contributed by atoms with van der Waals surface area (Å²) >= 11 is 0. The molecule has 2 fully saturated rings. The Hall–Kier alpha value is -3.53. The lowest BCUT2D eigenvalue weighted by Crippen LogP contribution is -2.54. The Bertz CT molecular complexity index is 1380. The molecule has 4 aromatic rings. The van der Waals surface area contributed by atoms with Crippen LogP contribution >= 0.6 is 0 Å². The van der Waals surface area contributed by atoms with E-state index in [9.17, 15) is 4.79 Å². The second-order valence-electron chi connectivity index (χ2n) is 9.59. The van der Waals surface area contributed by atoms with Crippen LogP contribution in [-0.4, -0.2) is 54.3 Å². The summed E-state index contributed by atoms with van der Waals surface area (Å²) in [5.41, 5.74) is 3.62. The largest absolute Gasteiger partial charge is 0.368 e. The number of nitrogens with one attached hydrogen (secondary N) is 2. The van der Waals surface area contributed by atoms with E-state index < -0.39 is 0 Å². The van der Waals surface area contributed by atoms with Gasteiger partial charge in [0, 0.05) is 42.6 Å². The quantitative estimate of drug-likeness (QED) is 0.480. The summed E-state index contributed by atoms with van der Waals surface area (Å²) in [6, 6.07) is 9.40. The zero-order valence-electron chi connectivity index (χ0n) is 19.5. The standard InChI is InChI=1S/C24H29N9O/c1-15-12-31(13-16(2)27-15)18-9-7-17(8-10-18)28-24-25-11-20-21(29-24)33(19-5-3-4-6-19)23(34)22-30-26-14-32(20)22/h7-11,14-16,19,27H,3-6,12-13H2,1-2H3,(H,25,28,29). The molecular weight excluding hydrogens is 430 g/mol. The molecule has 4 heterocycles. The average Bonchev–Trinajstić information content (AvgIpc) is 3.52. The first-order valence-corrected chi connectivity index (χ1v) is 12.1. The fourth-order valence-corrected chi connectivity index (χ4v) is 5.46. The Morgan fingerprint density at radius 2 is 1.76 bits per heavy atom. The van der Waals surface area contributed by atoms with Gasteiger partial charge in [-0.3, -0.25) is 13.8 Å². The van der Waals surface area contributed by atoms with Crippen molar-refractivity contribution in [1.29, 1.82) is 0 Å². The first-order chi connectivity index (χ1) is 16.6. The Labute approximate surface area is 197 Å². The van der Waals surface area contributed by atoms with Crippen molar-refractivity contribution in [2.75, 3.05) is 23.3 Å². The van der Waals surface area contributed by atoms with Crippen LogP contribution in [0.2, 0.25) is 0 Å². The molecule has 0 amide bonds. The Kier molecular flexibility index (Phi) is 5.17. The predicted octanol–water partition coefficient (Wildman–Crippen LogP) is 2.88. The van der Waals surface area contributed by atoms with Gasteiger partial charge in [-0.05, 0) is 51.0 Å². The van der Waals surface area contributed by atoms with E-state index in [1.54, 1.807) is 21.5 Å². The number of nitrogens with zero attached hydrogens (tertiary/aromatic N) is 7. The Balaban J connectivity index is 1.33. The molecule has 10 nitrogen and oxygen atoms in total. The molecule has 1 aromatic carbocycles. The molecule has 2 unspecified atom stereocenters. The van der Waals surface area contributed by atoms with E-state index in [1.807, 2.05) is 12.1 Å². The fraction of sp³-hybridized carbons (Fsp3) is 0.458. The maximum atomic E-state index is 13.2. The molecule has 6 rings (SSSR count). The molecule has 1 aliphatic heterocycles. The highest BCUT2D eigenvalue weighted by atomic mass is 16.1. The molecule has 2 aliphatic rings. The van der Waals surface area contributed by atoms with Crippen LogP contribution in [0.25, 0.3) is 16.8 Å². The number of benzene rings is 1. The molecule has 0 bridgehead atoms. The fourth-order valence-electron chi connectivity index (χ4n) is 5.46. The van der Waals surface area contributed by atoms with Crippen LogP contribution in [0.4, 0.5) is 17.3 Å². The highest BCUT2D eigenvalue weighted by Crippen LogP contribution is 2.31. The number of piperazine rings is 1. The summed E-state index contributed by atoms with van der Waals surface area (Å²) in [4.78, 5) is 25.0. The van der Waals surface area contributed by atoms with Crippen LogP contribution in [0, 0.1) is 0 Å². The molecule has 2 atom stereocenters. The topological polar surface area (TPSA) is 105 Å². The van der Waals surface area contributed by atoms with Crippen molar-refractivity contribution < 1.29 is 0 Å². The summed E-state index contributed by atoms with van der Waals surface area (Å²) in [6.07, 6.45) is 7.45. The number of fused-ring (bicyclic) bond motifs is 3.